The van der Waals surface area contributed by atoms with Crippen molar-refractivity contribution in [3.8, 4) is 17.0 Å². The van der Waals surface area contributed by atoms with Crippen LogP contribution in [0.25, 0.3) is 11.3 Å². The van der Waals surface area contributed by atoms with Crippen LogP contribution in [0.3, 0.4) is 0 Å². The second kappa shape index (κ2) is 13.1. The van der Waals surface area contributed by atoms with Crippen LogP contribution in [0, 0.1) is 5.92 Å². The Hall–Kier alpha value is -3.67. The van der Waals surface area contributed by atoms with Crippen molar-refractivity contribution in [3.05, 3.63) is 84.1 Å². The lowest BCUT2D eigenvalue weighted by molar-refractivity contribution is -0.142. The van der Waals surface area contributed by atoms with Gasteiger partial charge in [0.25, 0.3) is 0 Å². The van der Waals surface area contributed by atoms with Crippen LogP contribution < -0.4 is 4.74 Å². The van der Waals surface area contributed by atoms with Gasteiger partial charge in [-0.2, -0.15) is 0 Å². The minimum atomic E-state index is -0.731. The molecule has 0 amide bonds. The molecule has 0 spiro atoms. The van der Waals surface area contributed by atoms with Crippen LogP contribution in [0.15, 0.2) is 78.1 Å². The van der Waals surface area contributed by atoms with Gasteiger partial charge in [-0.05, 0) is 55.2 Å². The molecular formula is C28H32N2O4. The number of unbranched alkanes of at least 4 members (excludes halogenated alkanes) is 1. The molecule has 1 unspecified atom stereocenters. The zero-order valence-corrected chi connectivity index (χ0v) is 19.8. The van der Waals surface area contributed by atoms with Crippen molar-refractivity contribution in [2.24, 2.45) is 11.1 Å². The average molecular weight is 461 g/mol. The lowest BCUT2D eigenvalue weighted by Crippen LogP contribution is -2.16. The summed E-state index contributed by atoms with van der Waals surface area (Å²) in [6.07, 6.45) is 4.95. The molecule has 2 aromatic carbocycles. The van der Waals surface area contributed by atoms with Crippen molar-refractivity contribution >= 4 is 11.7 Å². The van der Waals surface area contributed by atoms with Crippen LogP contribution in [-0.2, 0) is 16.1 Å². The molecule has 0 radical (unpaired) electrons. The lowest BCUT2D eigenvalue weighted by Gasteiger charge is -2.12. The van der Waals surface area contributed by atoms with E-state index in [1.807, 2.05) is 73.7 Å². The molecule has 0 aliphatic heterocycles. The van der Waals surface area contributed by atoms with Crippen molar-refractivity contribution in [1.29, 1.82) is 0 Å². The van der Waals surface area contributed by atoms with Gasteiger partial charge in [-0.25, -0.2) is 0 Å². The molecule has 1 heterocycles. The van der Waals surface area contributed by atoms with E-state index in [0.717, 1.165) is 46.7 Å². The SMILES string of the molecule is CCCCC(Cc1ccc(OCCO/N=C(\C)c2ccc(-c3ccccn3)cc2)cc1)C(=O)O. The smallest absolute Gasteiger partial charge is 0.306 e. The van der Waals surface area contributed by atoms with Crippen LogP contribution in [0.1, 0.15) is 44.2 Å². The lowest BCUT2D eigenvalue weighted by atomic mass is 9.94. The standard InChI is InChI=1S/C28H32N2O4/c1-3-4-7-25(28(31)32)20-22-9-15-26(16-10-22)33-18-19-34-30-21(2)23-11-13-24(14-12-23)27-8-5-6-17-29-27/h5-6,8-17,25H,3-4,7,18-20H2,1-2H3,(H,31,32)/b30-21+. The van der Waals surface area contributed by atoms with Crippen LogP contribution in [0.5, 0.6) is 5.75 Å². The van der Waals surface area contributed by atoms with E-state index < -0.39 is 5.97 Å². The molecule has 6 nitrogen and oxygen atoms in total. The Labute approximate surface area is 201 Å². The number of aromatic nitrogens is 1. The maximum Gasteiger partial charge on any atom is 0.306 e. The summed E-state index contributed by atoms with van der Waals surface area (Å²) in [4.78, 5) is 21.2. The highest BCUT2D eigenvalue weighted by Crippen LogP contribution is 2.19. The van der Waals surface area contributed by atoms with E-state index in [-0.39, 0.29) is 5.92 Å². The summed E-state index contributed by atoms with van der Waals surface area (Å²) < 4.78 is 5.71. The molecule has 3 aromatic rings. The topological polar surface area (TPSA) is 81.0 Å². The zero-order valence-electron chi connectivity index (χ0n) is 19.8. The highest BCUT2D eigenvalue weighted by Gasteiger charge is 2.17. The summed E-state index contributed by atoms with van der Waals surface area (Å²) in [5.74, 6) is -0.350. The van der Waals surface area contributed by atoms with Crippen LogP contribution >= 0.6 is 0 Å². The van der Waals surface area contributed by atoms with Gasteiger partial charge >= 0.3 is 5.97 Å². The molecular weight excluding hydrogens is 428 g/mol. The number of oxime groups is 1. The van der Waals surface area contributed by atoms with Gasteiger partial charge in [0.05, 0.1) is 17.3 Å². The first kappa shape index (κ1) is 25.0. The highest BCUT2D eigenvalue weighted by atomic mass is 16.6. The van der Waals surface area contributed by atoms with E-state index in [0.29, 0.717) is 26.1 Å². The van der Waals surface area contributed by atoms with E-state index in [2.05, 4.69) is 17.1 Å². The highest BCUT2D eigenvalue weighted by molar-refractivity contribution is 5.98. The number of ether oxygens (including phenoxy) is 1. The predicted octanol–water partition coefficient (Wildman–Crippen LogP) is 6.00. The molecule has 0 bridgehead atoms. The molecule has 34 heavy (non-hydrogen) atoms. The average Bonchev–Trinajstić information content (AvgIpc) is 2.87. The summed E-state index contributed by atoms with van der Waals surface area (Å²) in [6, 6.07) is 21.5. The van der Waals surface area contributed by atoms with E-state index in [9.17, 15) is 9.90 Å². The zero-order chi connectivity index (χ0) is 24.2. The Bertz CT molecular complexity index is 1050. The molecule has 178 valence electrons. The van der Waals surface area contributed by atoms with Gasteiger partial charge in [-0.1, -0.05) is 67.4 Å². The van der Waals surface area contributed by atoms with Crippen molar-refractivity contribution < 1.29 is 19.5 Å². The van der Waals surface area contributed by atoms with Gasteiger partial charge in [-0.3, -0.25) is 9.78 Å². The predicted molar refractivity (Wildman–Crippen MR) is 134 cm³/mol. The number of carboxylic acid groups (broad SMARTS) is 1. The number of benzene rings is 2. The summed E-state index contributed by atoms with van der Waals surface area (Å²) >= 11 is 0. The van der Waals surface area contributed by atoms with Crippen molar-refractivity contribution in [2.45, 2.75) is 39.5 Å². The number of hydrogen-bond donors (Lipinski definition) is 1. The number of aliphatic carboxylic acids is 1. The monoisotopic (exact) mass is 460 g/mol. The third kappa shape index (κ3) is 7.73. The molecule has 0 fully saturated rings. The van der Waals surface area contributed by atoms with Crippen molar-refractivity contribution in [3.63, 3.8) is 0 Å². The number of carbonyl (C=O) groups is 1. The number of pyridine rings is 1. The summed E-state index contributed by atoms with van der Waals surface area (Å²) in [5, 5.41) is 13.6. The quantitative estimate of drug-likeness (QED) is 0.192. The molecule has 1 atom stereocenters. The van der Waals surface area contributed by atoms with Crippen molar-refractivity contribution in [1.82, 2.24) is 4.98 Å². The van der Waals surface area contributed by atoms with E-state index in [1.54, 1.807) is 6.20 Å². The maximum absolute atomic E-state index is 11.4. The first-order valence-electron chi connectivity index (χ1n) is 11.7. The second-order valence-electron chi connectivity index (χ2n) is 8.18. The Morgan fingerprint density at radius 1 is 1.03 bits per heavy atom. The molecule has 0 aliphatic rings. The molecule has 6 heteroatoms. The normalized spacial score (nSPS) is 12.2. The van der Waals surface area contributed by atoms with Gasteiger partial charge in [0.15, 0.2) is 6.61 Å². The van der Waals surface area contributed by atoms with Gasteiger partial charge in [-0.15, -0.1) is 0 Å². The van der Waals surface area contributed by atoms with E-state index >= 15 is 0 Å². The van der Waals surface area contributed by atoms with Crippen molar-refractivity contribution in [2.75, 3.05) is 13.2 Å². The summed E-state index contributed by atoms with van der Waals surface area (Å²) in [5.41, 5.74) is 4.75. The molecule has 0 saturated carbocycles. The second-order valence-corrected chi connectivity index (χ2v) is 8.18. The fourth-order valence-electron chi connectivity index (χ4n) is 3.58. The minimum absolute atomic E-state index is 0.323. The first-order valence-corrected chi connectivity index (χ1v) is 11.7. The van der Waals surface area contributed by atoms with Gasteiger partial charge in [0, 0.05) is 11.8 Å². The third-order valence-electron chi connectivity index (χ3n) is 5.57. The largest absolute Gasteiger partial charge is 0.490 e. The fraction of sp³-hybridized carbons (Fsp3) is 0.321. The van der Waals surface area contributed by atoms with Gasteiger partial charge in [0.2, 0.25) is 0 Å². The number of hydrogen-bond acceptors (Lipinski definition) is 5. The number of rotatable bonds is 13. The van der Waals surface area contributed by atoms with Crippen LogP contribution in [0.2, 0.25) is 0 Å². The number of nitrogens with zero attached hydrogens (tertiary/aromatic N) is 2. The first-order chi connectivity index (χ1) is 16.6. The Morgan fingerprint density at radius 2 is 1.79 bits per heavy atom. The van der Waals surface area contributed by atoms with Crippen LogP contribution in [0.4, 0.5) is 0 Å². The van der Waals surface area contributed by atoms with E-state index in [4.69, 9.17) is 9.57 Å². The molecule has 1 N–H and O–H groups in total. The maximum atomic E-state index is 11.4. The summed E-state index contributed by atoms with van der Waals surface area (Å²) in [6.45, 7) is 4.66. The van der Waals surface area contributed by atoms with E-state index in [1.165, 1.54) is 0 Å². The molecule has 1 aromatic heterocycles. The Kier molecular flexibility index (Phi) is 9.65. The fourth-order valence-corrected chi connectivity index (χ4v) is 3.58. The summed E-state index contributed by atoms with van der Waals surface area (Å²) in [7, 11) is 0. The Morgan fingerprint density at radius 3 is 2.44 bits per heavy atom. The van der Waals surface area contributed by atoms with Crippen LogP contribution in [-0.4, -0.2) is 35.0 Å². The van der Waals surface area contributed by atoms with Gasteiger partial charge < -0.3 is 14.7 Å². The van der Waals surface area contributed by atoms with Gasteiger partial charge in [0.1, 0.15) is 12.4 Å². The number of carboxylic acids is 1. The molecule has 3 rings (SSSR count). The minimum Gasteiger partial charge on any atom is -0.490 e. The molecule has 0 saturated heterocycles. The molecule has 0 aliphatic carbocycles. The third-order valence-corrected chi connectivity index (χ3v) is 5.57. The Balaban J connectivity index is 1.42.